The highest BCUT2D eigenvalue weighted by molar-refractivity contribution is 9.10. The Morgan fingerprint density at radius 2 is 1.95 bits per heavy atom. The molecule has 0 saturated heterocycles. The molecule has 0 aromatic heterocycles. The van der Waals surface area contributed by atoms with Gasteiger partial charge in [0.1, 0.15) is 0 Å². The fourth-order valence-electron chi connectivity index (χ4n) is 1.75. The maximum atomic E-state index is 5.91. The number of likely N-dealkylation sites (N-methyl/N-ethyl adjacent to an activating group) is 1. The molecule has 0 radical (unpaired) electrons. The molecule has 0 bridgehead atoms. The molecule has 1 aromatic carbocycles. The summed E-state index contributed by atoms with van der Waals surface area (Å²) in [5.41, 5.74) is 1.17. The van der Waals surface area contributed by atoms with Crippen LogP contribution >= 0.6 is 15.9 Å². The standard InChI is InChI=1S/C15H24BrNO2/c1-12(2)11-18-8-9-19-15(10-17-3)13-6-4-5-7-14(13)16/h4-7,12,15,17H,8-11H2,1-3H3. The molecule has 4 heteroatoms. The lowest BCUT2D eigenvalue weighted by molar-refractivity contribution is -0.000916. The first-order valence-corrected chi connectivity index (χ1v) is 7.52. The van der Waals surface area contributed by atoms with Gasteiger partial charge in [0.05, 0.1) is 19.3 Å². The molecule has 0 fully saturated rings. The van der Waals surface area contributed by atoms with Crippen molar-refractivity contribution in [1.82, 2.24) is 5.32 Å². The molecular weight excluding hydrogens is 306 g/mol. The fourth-order valence-corrected chi connectivity index (χ4v) is 2.29. The van der Waals surface area contributed by atoms with E-state index in [0.717, 1.165) is 17.6 Å². The number of hydrogen-bond donors (Lipinski definition) is 1. The summed E-state index contributed by atoms with van der Waals surface area (Å²) in [6, 6.07) is 8.16. The second-order valence-electron chi connectivity index (χ2n) is 4.91. The maximum absolute atomic E-state index is 5.91. The zero-order chi connectivity index (χ0) is 14.1. The van der Waals surface area contributed by atoms with Gasteiger partial charge in [-0.15, -0.1) is 0 Å². The van der Waals surface area contributed by atoms with E-state index in [1.54, 1.807) is 0 Å². The van der Waals surface area contributed by atoms with E-state index in [9.17, 15) is 0 Å². The molecule has 3 nitrogen and oxygen atoms in total. The first kappa shape index (κ1) is 16.6. The normalized spacial score (nSPS) is 12.9. The molecule has 108 valence electrons. The minimum atomic E-state index is 0.0447. The summed E-state index contributed by atoms with van der Waals surface area (Å²) < 4.78 is 12.5. The second-order valence-corrected chi connectivity index (χ2v) is 5.76. The molecule has 1 atom stereocenters. The van der Waals surface area contributed by atoms with Crippen molar-refractivity contribution in [2.24, 2.45) is 5.92 Å². The maximum Gasteiger partial charge on any atom is 0.0961 e. The van der Waals surface area contributed by atoms with Crippen molar-refractivity contribution >= 4 is 15.9 Å². The average molecular weight is 330 g/mol. The van der Waals surface area contributed by atoms with Gasteiger partial charge in [-0.2, -0.15) is 0 Å². The minimum absolute atomic E-state index is 0.0447. The molecule has 0 amide bonds. The van der Waals surface area contributed by atoms with E-state index in [1.807, 2.05) is 25.2 Å². The molecule has 0 heterocycles. The van der Waals surface area contributed by atoms with Gasteiger partial charge in [-0.05, 0) is 24.6 Å². The predicted octanol–water partition coefficient (Wildman–Crippen LogP) is 3.40. The van der Waals surface area contributed by atoms with Crippen molar-refractivity contribution in [3.8, 4) is 0 Å². The third-order valence-electron chi connectivity index (χ3n) is 2.64. The van der Waals surface area contributed by atoms with Gasteiger partial charge in [-0.1, -0.05) is 48.0 Å². The van der Waals surface area contributed by atoms with Gasteiger partial charge in [0.15, 0.2) is 0 Å². The van der Waals surface area contributed by atoms with Gasteiger partial charge >= 0.3 is 0 Å². The van der Waals surface area contributed by atoms with E-state index in [-0.39, 0.29) is 6.10 Å². The van der Waals surface area contributed by atoms with Gasteiger partial charge < -0.3 is 14.8 Å². The highest BCUT2D eigenvalue weighted by Crippen LogP contribution is 2.25. The van der Waals surface area contributed by atoms with Crippen LogP contribution in [0.5, 0.6) is 0 Å². The quantitative estimate of drug-likeness (QED) is 0.704. The zero-order valence-corrected chi connectivity index (χ0v) is 13.6. The minimum Gasteiger partial charge on any atom is -0.379 e. The Balaban J connectivity index is 2.43. The monoisotopic (exact) mass is 329 g/mol. The Morgan fingerprint density at radius 3 is 2.58 bits per heavy atom. The predicted molar refractivity (Wildman–Crippen MR) is 82.4 cm³/mol. The molecule has 0 saturated carbocycles. The van der Waals surface area contributed by atoms with Gasteiger partial charge in [0.2, 0.25) is 0 Å². The van der Waals surface area contributed by atoms with E-state index in [0.29, 0.717) is 19.1 Å². The molecule has 19 heavy (non-hydrogen) atoms. The Bertz CT molecular complexity index is 358. The molecular formula is C15H24BrNO2. The Morgan fingerprint density at radius 1 is 1.21 bits per heavy atom. The topological polar surface area (TPSA) is 30.5 Å². The van der Waals surface area contributed by atoms with E-state index in [2.05, 4.69) is 41.2 Å². The highest BCUT2D eigenvalue weighted by Gasteiger charge is 2.13. The van der Waals surface area contributed by atoms with Gasteiger partial charge in [-0.25, -0.2) is 0 Å². The number of benzene rings is 1. The fraction of sp³-hybridized carbons (Fsp3) is 0.600. The smallest absolute Gasteiger partial charge is 0.0961 e. The average Bonchev–Trinajstić information content (AvgIpc) is 2.37. The largest absolute Gasteiger partial charge is 0.379 e. The second kappa shape index (κ2) is 9.48. The van der Waals surface area contributed by atoms with Crippen LogP contribution < -0.4 is 5.32 Å². The SMILES string of the molecule is CNCC(OCCOCC(C)C)c1ccccc1Br. The lowest BCUT2D eigenvalue weighted by atomic mass is 10.1. The summed E-state index contributed by atoms with van der Waals surface area (Å²) in [5.74, 6) is 0.566. The highest BCUT2D eigenvalue weighted by atomic mass is 79.9. The van der Waals surface area contributed by atoms with Crippen molar-refractivity contribution in [2.45, 2.75) is 20.0 Å². The molecule has 1 rings (SSSR count). The van der Waals surface area contributed by atoms with Crippen LogP contribution in [0.1, 0.15) is 25.5 Å². The van der Waals surface area contributed by atoms with Crippen LogP contribution in [0.4, 0.5) is 0 Å². The van der Waals surface area contributed by atoms with Crippen LogP contribution in [0.2, 0.25) is 0 Å². The van der Waals surface area contributed by atoms with Crippen LogP contribution in [0, 0.1) is 5.92 Å². The summed E-state index contributed by atoms with van der Waals surface area (Å²) in [4.78, 5) is 0. The van der Waals surface area contributed by atoms with Crippen molar-refractivity contribution < 1.29 is 9.47 Å². The van der Waals surface area contributed by atoms with Crippen LogP contribution in [-0.2, 0) is 9.47 Å². The molecule has 0 aliphatic rings. The summed E-state index contributed by atoms with van der Waals surface area (Å²) in [6.45, 7) is 7.11. The Kier molecular flexibility index (Phi) is 8.30. The van der Waals surface area contributed by atoms with E-state index >= 15 is 0 Å². The summed E-state index contributed by atoms with van der Waals surface area (Å²) in [6.07, 6.45) is 0.0447. The molecule has 0 aliphatic heterocycles. The summed E-state index contributed by atoms with van der Waals surface area (Å²) in [7, 11) is 1.93. The van der Waals surface area contributed by atoms with Crippen LogP contribution in [0.25, 0.3) is 0 Å². The number of rotatable bonds is 9. The van der Waals surface area contributed by atoms with E-state index < -0.39 is 0 Å². The number of halogens is 1. The molecule has 1 aromatic rings. The first-order valence-electron chi connectivity index (χ1n) is 6.73. The first-order chi connectivity index (χ1) is 9.15. The van der Waals surface area contributed by atoms with Gasteiger partial charge in [0, 0.05) is 17.6 Å². The third-order valence-corrected chi connectivity index (χ3v) is 3.36. The van der Waals surface area contributed by atoms with Crippen LogP contribution in [0.15, 0.2) is 28.7 Å². The number of nitrogens with one attached hydrogen (secondary N) is 1. The zero-order valence-electron chi connectivity index (χ0n) is 12.0. The van der Waals surface area contributed by atoms with Crippen molar-refractivity contribution in [3.63, 3.8) is 0 Å². The van der Waals surface area contributed by atoms with E-state index in [1.165, 1.54) is 5.56 Å². The molecule has 0 aliphatic carbocycles. The lowest BCUT2D eigenvalue weighted by Gasteiger charge is -2.19. The van der Waals surface area contributed by atoms with Gasteiger partial charge in [0.25, 0.3) is 0 Å². The number of hydrogen-bond acceptors (Lipinski definition) is 3. The molecule has 1 N–H and O–H groups in total. The number of ether oxygens (including phenoxy) is 2. The molecule has 1 unspecified atom stereocenters. The van der Waals surface area contributed by atoms with Gasteiger partial charge in [-0.3, -0.25) is 0 Å². The Labute approximate surface area is 124 Å². The summed E-state index contributed by atoms with van der Waals surface area (Å²) in [5, 5.41) is 3.17. The molecule has 0 spiro atoms. The van der Waals surface area contributed by atoms with Crippen molar-refractivity contribution in [3.05, 3.63) is 34.3 Å². The summed E-state index contributed by atoms with van der Waals surface area (Å²) >= 11 is 3.57. The lowest BCUT2D eigenvalue weighted by Crippen LogP contribution is -2.22. The third kappa shape index (κ3) is 6.52. The van der Waals surface area contributed by atoms with Crippen molar-refractivity contribution in [1.29, 1.82) is 0 Å². The van der Waals surface area contributed by atoms with Crippen LogP contribution in [0.3, 0.4) is 0 Å². The van der Waals surface area contributed by atoms with Crippen molar-refractivity contribution in [2.75, 3.05) is 33.4 Å². The van der Waals surface area contributed by atoms with Crippen LogP contribution in [-0.4, -0.2) is 33.4 Å². The Hall–Kier alpha value is -0.420. The van der Waals surface area contributed by atoms with E-state index in [4.69, 9.17) is 9.47 Å².